The number of pyridine rings is 1. The lowest BCUT2D eigenvalue weighted by atomic mass is 10.2. The second kappa shape index (κ2) is 8.09. The Morgan fingerprint density at radius 1 is 1.16 bits per heavy atom. The molecule has 0 saturated carbocycles. The lowest BCUT2D eigenvalue weighted by molar-refractivity contribution is -0.141. The summed E-state index contributed by atoms with van der Waals surface area (Å²) in [5, 5.41) is 0.235. The standard InChI is InChI=1S/C20H21N5O6/c1-22-17-16(19(28)25(20(22)29)12-15(26)30-2)13(5-6-21-17)23-7-9-24(10-8-23)18(27)14-4-3-11-31-14/h3-6,11H,7-10,12H2,1-2H3. The molecule has 0 aromatic carbocycles. The summed E-state index contributed by atoms with van der Waals surface area (Å²) in [6.45, 7) is 1.34. The maximum absolute atomic E-state index is 13.1. The highest BCUT2D eigenvalue weighted by molar-refractivity contribution is 5.92. The molecule has 1 saturated heterocycles. The number of hydrogen-bond donors (Lipinski definition) is 0. The normalized spacial score (nSPS) is 14.1. The number of carbonyl (C=O) groups excluding carboxylic acids is 2. The van der Waals surface area contributed by atoms with E-state index >= 15 is 0 Å². The Bertz CT molecular complexity index is 1250. The van der Waals surface area contributed by atoms with Gasteiger partial charge in [0, 0.05) is 39.4 Å². The van der Waals surface area contributed by atoms with Crippen LogP contribution in [0.15, 0.2) is 44.7 Å². The van der Waals surface area contributed by atoms with Crippen molar-refractivity contribution in [3.8, 4) is 0 Å². The molecule has 0 radical (unpaired) electrons. The van der Waals surface area contributed by atoms with Crippen molar-refractivity contribution < 1.29 is 18.7 Å². The summed E-state index contributed by atoms with van der Waals surface area (Å²) in [5.41, 5.74) is -0.445. The van der Waals surface area contributed by atoms with Crippen LogP contribution >= 0.6 is 0 Å². The number of aryl methyl sites for hydroxylation is 1. The van der Waals surface area contributed by atoms with E-state index in [2.05, 4.69) is 9.72 Å². The fourth-order valence-corrected chi connectivity index (χ4v) is 3.70. The van der Waals surface area contributed by atoms with Crippen LogP contribution in [-0.4, -0.2) is 64.2 Å². The van der Waals surface area contributed by atoms with Crippen LogP contribution in [0.2, 0.25) is 0 Å². The highest BCUT2D eigenvalue weighted by Gasteiger charge is 2.26. The molecule has 1 aliphatic rings. The molecular formula is C20H21N5O6. The number of furan rings is 1. The number of ether oxygens (including phenoxy) is 1. The van der Waals surface area contributed by atoms with Gasteiger partial charge in [-0.25, -0.2) is 14.3 Å². The van der Waals surface area contributed by atoms with Crippen LogP contribution in [0.3, 0.4) is 0 Å². The van der Waals surface area contributed by atoms with Gasteiger partial charge in [0.25, 0.3) is 11.5 Å². The first kappa shape index (κ1) is 20.4. The van der Waals surface area contributed by atoms with Crippen LogP contribution in [-0.2, 0) is 23.1 Å². The van der Waals surface area contributed by atoms with Crippen molar-refractivity contribution >= 4 is 28.6 Å². The molecule has 0 N–H and O–H groups in total. The Hall–Kier alpha value is -3.89. The minimum Gasteiger partial charge on any atom is -0.468 e. The Morgan fingerprint density at radius 3 is 2.55 bits per heavy atom. The smallest absolute Gasteiger partial charge is 0.332 e. The summed E-state index contributed by atoms with van der Waals surface area (Å²) in [7, 11) is 2.68. The SMILES string of the molecule is COC(=O)Cn1c(=O)c2c(N3CCN(C(=O)c4ccco4)CC3)ccnc2n(C)c1=O. The van der Waals surface area contributed by atoms with E-state index in [1.54, 1.807) is 23.1 Å². The van der Waals surface area contributed by atoms with Crippen LogP contribution < -0.4 is 16.1 Å². The summed E-state index contributed by atoms with van der Waals surface area (Å²) < 4.78 is 11.9. The fraction of sp³-hybridized carbons (Fsp3) is 0.350. The van der Waals surface area contributed by atoms with Crippen LogP contribution in [0.1, 0.15) is 10.6 Å². The molecule has 0 atom stereocenters. The van der Waals surface area contributed by atoms with Crippen LogP contribution in [0.5, 0.6) is 0 Å². The van der Waals surface area contributed by atoms with Crippen LogP contribution in [0, 0.1) is 0 Å². The third-order valence-electron chi connectivity index (χ3n) is 5.36. The molecule has 0 aliphatic carbocycles. The average molecular weight is 427 g/mol. The second-order valence-electron chi connectivity index (χ2n) is 7.09. The van der Waals surface area contributed by atoms with Crippen molar-refractivity contribution in [2.75, 3.05) is 38.2 Å². The van der Waals surface area contributed by atoms with Gasteiger partial charge < -0.3 is 19.0 Å². The van der Waals surface area contributed by atoms with Crippen molar-refractivity contribution in [1.82, 2.24) is 19.0 Å². The molecule has 31 heavy (non-hydrogen) atoms. The van der Waals surface area contributed by atoms with Gasteiger partial charge in [0.15, 0.2) is 11.4 Å². The summed E-state index contributed by atoms with van der Waals surface area (Å²) in [6.07, 6.45) is 2.98. The number of nitrogens with zero attached hydrogens (tertiary/aromatic N) is 5. The Morgan fingerprint density at radius 2 is 1.90 bits per heavy atom. The van der Waals surface area contributed by atoms with E-state index in [1.807, 2.05) is 4.90 Å². The average Bonchev–Trinajstić information content (AvgIpc) is 3.34. The molecule has 4 heterocycles. The predicted octanol–water partition coefficient (Wildman–Crippen LogP) is -0.176. The van der Waals surface area contributed by atoms with Gasteiger partial charge >= 0.3 is 11.7 Å². The zero-order chi connectivity index (χ0) is 22.1. The first-order valence-corrected chi connectivity index (χ1v) is 9.65. The van der Waals surface area contributed by atoms with Gasteiger partial charge in [-0.2, -0.15) is 0 Å². The van der Waals surface area contributed by atoms with E-state index in [-0.39, 0.29) is 22.7 Å². The largest absolute Gasteiger partial charge is 0.468 e. The van der Waals surface area contributed by atoms with Gasteiger partial charge in [-0.05, 0) is 18.2 Å². The zero-order valence-corrected chi connectivity index (χ0v) is 17.1. The van der Waals surface area contributed by atoms with E-state index in [1.165, 1.54) is 31.2 Å². The van der Waals surface area contributed by atoms with E-state index in [0.29, 0.717) is 31.9 Å². The van der Waals surface area contributed by atoms with Crippen molar-refractivity contribution in [3.05, 3.63) is 57.3 Å². The number of rotatable bonds is 4. The summed E-state index contributed by atoms with van der Waals surface area (Å²) in [4.78, 5) is 57.8. The van der Waals surface area contributed by atoms with E-state index in [4.69, 9.17) is 4.42 Å². The Kier molecular flexibility index (Phi) is 5.32. The summed E-state index contributed by atoms with van der Waals surface area (Å²) in [6, 6.07) is 4.98. The van der Waals surface area contributed by atoms with Crippen molar-refractivity contribution in [2.24, 2.45) is 7.05 Å². The Balaban J connectivity index is 1.69. The zero-order valence-electron chi connectivity index (χ0n) is 17.1. The van der Waals surface area contributed by atoms with Crippen LogP contribution in [0.4, 0.5) is 5.69 Å². The van der Waals surface area contributed by atoms with Gasteiger partial charge in [0.05, 0.1) is 19.1 Å². The molecular weight excluding hydrogens is 406 g/mol. The van der Waals surface area contributed by atoms with Gasteiger partial charge in [-0.3, -0.25) is 19.0 Å². The number of anilines is 1. The number of methoxy groups -OCH3 is 1. The molecule has 3 aromatic rings. The molecule has 4 rings (SSSR count). The maximum atomic E-state index is 13.1. The van der Waals surface area contributed by atoms with E-state index < -0.39 is 23.8 Å². The monoisotopic (exact) mass is 427 g/mol. The number of hydrogen-bond acceptors (Lipinski definition) is 8. The summed E-state index contributed by atoms with van der Waals surface area (Å²) in [5.74, 6) is -0.607. The van der Waals surface area contributed by atoms with Gasteiger partial charge in [0.1, 0.15) is 11.9 Å². The molecule has 0 bridgehead atoms. The van der Waals surface area contributed by atoms with Crippen molar-refractivity contribution in [2.45, 2.75) is 6.54 Å². The predicted molar refractivity (Wildman–Crippen MR) is 110 cm³/mol. The first-order chi connectivity index (χ1) is 14.9. The number of fused-ring (bicyclic) bond motifs is 1. The minimum atomic E-state index is -0.700. The highest BCUT2D eigenvalue weighted by atomic mass is 16.5. The van der Waals surface area contributed by atoms with Crippen molar-refractivity contribution in [3.63, 3.8) is 0 Å². The molecule has 11 nitrogen and oxygen atoms in total. The third-order valence-corrected chi connectivity index (χ3v) is 5.36. The molecule has 1 amide bonds. The second-order valence-corrected chi connectivity index (χ2v) is 7.09. The molecule has 162 valence electrons. The molecule has 0 spiro atoms. The van der Waals surface area contributed by atoms with E-state index in [0.717, 1.165) is 4.57 Å². The molecule has 11 heteroatoms. The minimum absolute atomic E-state index is 0.188. The third kappa shape index (κ3) is 3.58. The van der Waals surface area contributed by atoms with E-state index in [9.17, 15) is 19.2 Å². The first-order valence-electron chi connectivity index (χ1n) is 9.65. The van der Waals surface area contributed by atoms with Crippen LogP contribution in [0.25, 0.3) is 11.0 Å². The number of amides is 1. The van der Waals surface area contributed by atoms with Gasteiger partial charge in [-0.15, -0.1) is 0 Å². The van der Waals surface area contributed by atoms with Crippen molar-refractivity contribution in [1.29, 1.82) is 0 Å². The topological polar surface area (TPSA) is 120 Å². The number of carbonyl (C=O) groups is 2. The highest BCUT2D eigenvalue weighted by Crippen LogP contribution is 2.23. The number of esters is 1. The lowest BCUT2D eigenvalue weighted by Crippen LogP contribution is -2.49. The lowest BCUT2D eigenvalue weighted by Gasteiger charge is -2.36. The van der Waals surface area contributed by atoms with Gasteiger partial charge in [0.2, 0.25) is 0 Å². The fourth-order valence-electron chi connectivity index (χ4n) is 3.70. The quantitative estimate of drug-likeness (QED) is 0.526. The molecule has 3 aromatic heterocycles. The Labute approximate surface area is 176 Å². The molecule has 1 aliphatic heterocycles. The number of aromatic nitrogens is 3. The molecule has 0 unspecified atom stereocenters. The summed E-state index contributed by atoms with van der Waals surface area (Å²) >= 11 is 0. The maximum Gasteiger partial charge on any atom is 0.332 e. The number of piperazine rings is 1. The van der Waals surface area contributed by atoms with Gasteiger partial charge in [-0.1, -0.05) is 0 Å². The molecule has 1 fully saturated rings.